The highest BCUT2D eigenvalue weighted by Gasteiger charge is 2.42. The Morgan fingerprint density at radius 3 is 2.18 bits per heavy atom. The molecule has 0 saturated carbocycles. The molecule has 0 N–H and O–H groups in total. The predicted octanol–water partition coefficient (Wildman–Crippen LogP) is 2.75. The molecule has 6 nitrogen and oxygen atoms in total. The van der Waals surface area contributed by atoms with Crippen LogP contribution in [0.1, 0.15) is 10.4 Å². The molecular weight excluding hydrogens is 350 g/mol. The van der Waals surface area contributed by atoms with Gasteiger partial charge in [-0.05, 0) is 24.3 Å². The minimum atomic E-state index is 0.107. The maximum absolute atomic E-state index is 12.7. The minimum absolute atomic E-state index is 0.107. The van der Waals surface area contributed by atoms with Crippen molar-refractivity contribution in [2.45, 2.75) is 0 Å². The van der Waals surface area contributed by atoms with Gasteiger partial charge in [0, 0.05) is 61.5 Å². The van der Waals surface area contributed by atoms with Crippen LogP contribution in [0.4, 0.5) is 5.82 Å². The van der Waals surface area contributed by atoms with E-state index >= 15 is 0 Å². The number of fused-ring (bicyclic) bond motifs is 1. The normalized spacial score (nSPS) is 21.0. The molecule has 2 aliphatic rings. The van der Waals surface area contributed by atoms with Crippen molar-refractivity contribution in [2.75, 3.05) is 31.1 Å². The van der Waals surface area contributed by atoms with E-state index in [9.17, 15) is 4.79 Å². The number of hydrogen-bond acceptors (Lipinski definition) is 5. The molecule has 2 atom stereocenters. The van der Waals surface area contributed by atoms with Crippen LogP contribution in [0.5, 0.6) is 0 Å². The molecule has 1 aromatic carbocycles. The first kappa shape index (κ1) is 16.9. The molecule has 2 saturated heterocycles. The number of benzene rings is 1. The van der Waals surface area contributed by atoms with Gasteiger partial charge in [-0.3, -0.25) is 9.78 Å². The summed E-state index contributed by atoms with van der Waals surface area (Å²) in [6.07, 6.45) is 3.34. The second-order valence-corrected chi connectivity index (χ2v) is 7.51. The first-order valence-corrected chi connectivity index (χ1v) is 9.61. The third-order valence-corrected chi connectivity index (χ3v) is 5.74. The molecule has 140 valence electrons. The van der Waals surface area contributed by atoms with Gasteiger partial charge in [0.15, 0.2) is 5.82 Å². The van der Waals surface area contributed by atoms with Gasteiger partial charge in [0.05, 0.1) is 5.69 Å². The number of anilines is 1. The summed E-state index contributed by atoms with van der Waals surface area (Å²) in [6, 6.07) is 17.7. The Kier molecular flexibility index (Phi) is 4.24. The van der Waals surface area contributed by atoms with Crippen LogP contribution >= 0.6 is 0 Å². The fourth-order valence-corrected chi connectivity index (χ4v) is 4.28. The van der Waals surface area contributed by atoms with E-state index in [1.165, 1.54) is 0 Å². The maximum Gasteiger partial charge on any atom is 0.253 e. The first-order chi connectivity index (χ1) is 13.8. The lowest BCUT2D eigenvalue weighted by atomic mass is 10.0. The smallest absolute Gasteiger partial charge is 0.253 e. The van der Waals surface area contributed by atoms with Crippen LogP contribution in [0.2, 0.25) is 0 Å². The summed E-state index contributed by atoms with van der Waals surface area (Å²) in [5, 5.41) is 8.86. The van der Waals surface area contributed by atoms with Crippen molar-refractivity contribution in [1.29, 1.82) is 0 Å². The molecule has 1 amide bonds. The van der Waals surface area contributed by atoms with Crippen molar-refractivity contribution in [2.24, 2.45) is 11.8 Å². The van der Waals surface area contributed by atoms with Crippen molar-refractivity contribution < 1.29 is 4.79 Å². The van der Waals surface area contributed by atoms with Crippen molar-refractivity contribution in [3.63, 3.8) is 0 Å². The molecule has 0 aliphatic carbocycles. The number of likely N-dealkylation sites (tertiary alicyclic amines) is 1. The number of aromatic nitrogens is 3. The molecular formula is C22H21N5O. The van der Waals surface area contributed by atoms with E-state index in [0.29, 0.717) is 17.4 Å². The molecule has 0 radical (unpaired) electrons. The van der Waals surface area contributed by atoms with Crippen LogP contribution in [-0.2, 0) is 0 Å². The quantitative estimate of drug-likeness (QED) is 0.708. The average Bonchev–Trinajstić information content (AvgIpc) is 3.34. The Balaban J connectivity index is 1.24. The van der Waals surface area contributed by atoms with E-state index in [-0.39, 0.29) is 5.91 Å². The van der Waals surface area contributed by atoms with Gasteiger partial charge in [-0.15, -0.1) is 10.2 Å². The fraction of sp³-hybridized carbons (Fsp3) is 0.273. The summed E-state index contributed by atoms with van der Waals surface area (Å²) in [7, 11) is 0. The van der Waals surface area contributed by atoms with E-state index in [2.05, 4.69) is 26.1 Å². The zero-order valence-electron chi connectivity index (χ0n) is 15.5. The second-order valence-electron chi connectivity index (χ2n) is 7.51. The summed E-state index contributed by atoms with van der Waals surface area (Å²) in [4.78, 5) is 20.9. The lowest BCUT2D eigenvalue weighted by Gasteiger charge is -2.22. The van der Waals surface area contributed by atoms with E-state index in [0.717, 1.165) is 43.3 Å². The molecule has 0 spiro atoms. The van der Waals surface area contributed by atoms with Gasteiger partial charge in [-0.2, -0.15) is 0 Å². The molecule has 6 heteroatoms. The molecule has 2 fully saturated rings. The van der Waals surface area contributed by atoms with Crippen molar-refractivity contribution >= 4 is 11.7 Å². The third kappa shape index (κ3) is 3.11. The maximum atomic E-state index is 12.7. The van der Waals surface area contributed by atoms with Gasteiger partial charge in [-0.1, -0.05) is 30.3 Å². The molecule has 2 unspecified atom stereocenters. The molecule has 28 heavy (non-hydrogen) atoms. The van der Waals surface area contributed by atoms with Crippen molar-refractivity contribution in [1.82, 2.24) is 20.1 Å². The predicted molar refractivity (Wildman–Crippen MR) is 107 cm³/mol. The van der Waals surface area contributed by atoms with Gasteiger partial charge in [0.1, 0.15) is 0 Å². The summed E-state index contributed by atoms with van der Waals surface area (Å²) >= 11 is 0. The Morgan fingerprint density at radius 1 is 0.821 bits per heavy atom. The van der Waals surface area contributed by atoms with Gasteiger partial charge in [-0.25, -0.2) is 0 Å². The topological polar surface area (TPSA) is 62.2 Å². The van der Waals surface area contributed by atoms with Crippen LogP contribution in [0.3, 0.4) is 0 Å². The largest absolute Gasteiger partial charge is 0.354 e. The summed E-state index contributed by atoms with van der Waals surface area (Å²) in [6.45, 7) is 3.45. The Bertz CT molecular complexity index is 947. The molecule has 5 rings (SSSR count). The molecule has 4 heterocycles. The number of hydrogen-bond donors (Lipinski definition) is 0. The van der Waals surface area contributed by atoms with Crippen LogP contribution in [-0.4, -0.2) is 52.2 Å². The standard InChI is InChI=1S/C22H21N5O/c28-22(17-8-10-23-11-9-17)27-14-18-12-26(13-19(18)15-27)21-7-6-20(24-25-21)16-4-2-1-3-5-16/h1-11,18-19H,12-15H2. The van der Waals surface area contributed by atoms with Crippen molar-refractivity contribution in [3.05, 3.63) is 72.6 Å². The number of carbonyl (C=O) groups is 1. The van der Waals surface area contributed by atoms with Crippen LogP contribution < -0.4 is 4.90 Å². The van der Waals surface area contributed by atoms with Crippen LogP contribution in [0.15, 0.2) is 67.0 Å². The number of nitrogens with zero attached hydrogens (tertiary/aromatic N) is 5. The Labute approximate surface area is 163 Å². The van der Waals surface area contributed by atoms with Crippen LogP contribution in [0.25, 0.3) is 11.3 Å². The summed E-state index contributed by atoms with van der Waals surface area (Å²) in [5.41, 5.74) is 2.68. The molecule has 2 aliphatic heterocycles. The number of pyridine rings is 1. The average molecular weight is 371 g/mol. The zero-order chi connectivity index (χ0) is 18.9. The van der Waals surface area contributed by atoms with Gasteiger partial charge >= 0.3 is 0 Å². The highest BCUT2D eigenvalue weighted by atomic mass is 16.2. The number of rotatable bonds is 3. The molecule has 2 aromatic heterocycles. The highest BCUT2D eigenvalue weighted by Crippen LogP contribution is 2.34. The SMILES string of the molecule is O=C(c1ccncc1)N1CC2CN(c3ccc(-c4ccccc4)nn3)CC2C1. The zero-order valence-corrected chi connectivity index (χ0v) is 15.5. The second kappa shape index (κ2) is 7.03. The van der Waals surface area contributed by atoms with E-state index in [1.54, 1.807) is 24.5 Å². The van der Waals surface area contributed by atoms with Crippen molar-refractivity contribution in [3.8, 4) is 11.3 Å². The van der Waals surface area contributed by atoms with E-state index in [4.69, 9.17) is 0 Å². The first-order valence-electron chi connectivity index (χ1n) is 9.61. The Morgan fingerprint density at radius 2 is 1.54 bits per heavy atom. The van der Waals surface area contributed by atoms with Gasteiger partial charge in [0.2, 0.25) is 0 Å². The third-order valence-electron chi connectivity index (χ3n) is 5.74. The fourth-order valence-electron chi connectivity index (χ4n) is 4.28. The lowest BCUT2D eigenvalue weighted by Crippen LogP contribution is -2.33. The highest BCUT2D eigenvalue weighted by molar-refractivity contribution is 5.94. The monoisotopic (exact) mass is 371 g/mol. The van der Waals surface area contributed by atoms with Crippen LogP contribution in [0, 0.1) is 11.8 Å². The minimum Gasteiger partial charge on any atom is -0.354 e. The number of amides is 1. The summed E-state index contributed by atoms with van der Waals surface area (Å²) < 4.78 is 0. The lowest BCUT2D eigenvalue weighted by molar-refractivity contribution is 0.0782. The van der Waals surface area contributed by atoms with Gasteiger partial charge in [0.25, 0.3) is 5.91 Å². The van der Waals surface area contributed by atoms with E-state index < -0.39 is 0 Å². The number of carbonyl (C=O) groups excluding carboxylic acids is 1. The van der Waals surface area contributed by atoms with Gasteiger partial charge < -0.3 is 9.80 Å². The Hall–Kier alpha value is -3.28. The molecule has 0 bridgehead atoms. The van der Waals surface area contributed by atoms with E-state index in [1.807, 2.05) is 41.3 Å². The molecule has 3 aromatic rings. The summed E-state index contributed by atoms with van der Waals surface area (Å²) in [5.74, 6) is 2.00.